The molecule has 0 saturated heterocycles. The van der Waals surface area contributed by atoms with Crippen molar-refractivity contribution in [2.24, 2.45) is 0 Å². The summed E-state index contributed by atoms with van der Waals surface area (Å²) >= 11 is 3.26. The summed E-state index contributed by atoms with van der Waals surface area (Å²) in [4.78, 5) is 15.9. The predicted molar refractivity (Wildman–Crippen MR) is 111 cm³/mol. The first kappa shape index (κ1) is 18.1. The van der Waals surface area contributed by atoms with E-state index < -0.39 is 0 Å². The van der Waals surface area contributed by atoms with Crippen LogP contribution in [0.15, 0.2) is 64.6 Å². The van der Waals surface area contributed by atoms with Crippen molar-refractivity contribution in [3.63, 3.8) is 0 Å². The molecule has 138 valence electrons. The summed E-state index contributed by atoms with van der Waals surface area (Å²) < 4.78 is 2.06. The number of carbonyl (C=O) groups excluding carboxylic acids is 1. The van der Waals surface area contributed by atoms with Gasteiger partial charge in [-0.05, 0) is 24.6 Å². The number of thioether (sulfide) groups is 2. The van der Waals surface area contributed by atoms with Crippen LogP contribution in [-0.2, 0) is 11.3 Å². The number of aromatic nitrogens is 3. The van der Waals surface area contributed by atoms with Crippen LogP contribution in [0.1, 0.15) is 11.4 Å². The fourth-order valence-electron chi connectivity index (χ4n) is 3.05. The van der Waals surface area contributed by atoms with Crippen molar-refractivity contribution in [2.75, 3.05) is 23.0 Å². The largest absolute Gasteiger partial charge is 0.310 e. The van der Waals surface area contributed by atoms with Gasteiger partial charge in [-0.1, -0.05) is 54.2 Å². The molecule has 1 aromatic heterocycles. The van der Waals surface area contributed by atoms with E-state index in [1.165, 1.54) is 22.2 Å². The van der Waals surface area contributed by atoms with E-state index in [1.807, 2.05) is 48.2 Å². The highest BCUT2D eigenvalue weighted by molar-refractivity contribution is 8.00. The zero-order valence-electron chi connectivity index (χ0n) is 15.0. The van der Waals surface area contributed by atoms with E-state index in [-0.39, 0.29) is 5.91 Å². The van der Waals surface area contributed by atoms with Crippen LogP contribution in [0, 0.1) is 6.92 Å². The van der Waals surface area contributed by atoms with E-state index in [9.17, 15) is 4.79 Å². The van der Waals surface area contributed by atoms with Gasteiger partial charge < -0.3 is 9.47 Å². The topological polar surface area (TPSA) is 51.0 Å². The number of nitrogens with zero attached hydrogens (tertiary/aromatic N) is 4. The molecule has 0 atom stereocenters. The number of fused-ring (bicyclic) bond motifs is 1. The molecule has 4 rings (SSSR count). The Morgan fingerprint density at radius 1 is 1.11 bits per heavy atom. The van der Waals surface area contributed by atoms with Crippen LogP contribution in [0.3, 0.4) is 0 Å². The summed E-state index contributed by atoms with van der Waals surface area (Å²) in [5, 5.41) is 9.26. The second-order valence-corrected chi connectivity index (χ2v) is 8.33. The summed E-state index contributed by atoms with van der Waals surface area (Å²) in [7, 11) is 0. The summed E-state index contributed by atoms with van der Waals surface area (Å²) in [6.45, 7) is 3.40. The lowest BCUT2D eigenvalue weighted by Gasteiger charge is -2.28. The van der Waals surface area contributed by atoms with Gasteiger partial charge in [-0.15, -0.1) is 22.0 Å². The maximum absolute atomic E-state index is 12.8. The minimum Gasteiger partial charge on any atom is -0.310 e. The highest BCUT2D eigenvalue weighted by Gasteiger charge is 2.23. The zero-order valence-corrected chi connectivity index (χ0v) is 16.7. The molecule has 7 heteroatoms. The van der Waals surface area contributed by atoms with Crippen molar-refractivity contribution >= 4 is 35.1 Å². The molecule has 0 aliphatic carbocycles. The lowest BCUT2D eigenvalue weighted by molar-refractivity contribution is -0.116. The summed E-state index contributed by atoms with van der Waals surface area (Å²) in [5.74, 6) is 2.25. The standard InChI is InChI=1S/C20H20N4OS2/c1-15-21-22-20(24(15)13-16-7-3-2-4-8-16)27-14-19(25)23-11-12-26-18-10-6-5-9-17(18)23/h2-10H,11-14H2,1H3. The molecule has 5 nitrogen and oxygen atoms in total. The average molecular weight is 397 g/mol. The predicted octanol–water partition coefficient (Wildman–Crippen LogP) is 3.87. The normalized spacial score (nSPS) is 13.4. The third-order valence-corrected chi connectivity index (χ3v) is 6.43. The monoisotopic (exact) mass is 396 g/mol. The number of hydrogen-bond donors (Lipinski definition) is 0. The van der Waals surface area contributed by atoms with Gasteiger partial charge in [-0.3, -0.25) is 4.79 Å². The van der Waals surface area contributed by atoms with Gasteiger partial charge in [0.15, 0.2) is 5.16 Å². The molecule has 3 aromatic rings. The lowest BCUT2D eigenvalue weighted by atomic mass is 10.2. The first-order chi connectivity index (χ1) is 13.2. The zero-order chi connectivity index (χ0) is 18.6. The molecule has 0 radical (unpaired) electrons. The first-order valence-electron chi connectivity index (χ1n) is 8.81. The number of benzene rings is 2. The van der Waals surface area contributed by atoms with Crippen molar-refractivity contribution in [1.29, 1.82) is 0 Å². The van der Waals surface area contributed by atoms with Crippen LogP contribution in [0.25, 0.3) is 0 Å². The number of amides is 1. The number of anilines is 1. The fourth-order valence-corrected chi connectivity index (χ4v) is 4.90. The molecule has 2 heterocycles. The van der Waals surface area contributed by atoms with Gasteiger partial charge in [0, 0.05) is 17.2 Å². The fraction of sp³-hybridized carbons (Fsp3) is 0.250. The molecule has 0 saturated carbocycles. The van der Waals surface area contributed by atoms with E-state index >= 15 is 0 Å². The minimum absolute atomic E-state index is 0.111. The Morgan fingerprint density at radius 2 is 1.89 bits per heavy atom. The molecule has 0 unspecified atom stereocenters. The van der Waals surface area contributed by atoms with Crippen molar-refractivity contribution in [3.05, 3.63) is 66.0 Å². The Kier molecular flexibility index (Phi) is 5.50. The molecular weight excluding hydrogens is 376 g/mol. The molecule has 1 aliphatic heterocycles. The molecule has 0 fully saturated rings. The van der Waals surface area contributed by atoms with Crippen LogP contribution in [0.4, 0.5) is 5.69 Å². The number of rotatable bonds is 5. The Bertz CT molecular complexity index is 942. The number of hydrogen-bond acceptors (Lipinski definition) is 5. The summed E-state index contributed by atoms with van der Waals surface area (Å²) in [5.41, 5.74) is 2.21. The second kappa shape index (κ2) is 8.19. The first-order valence-corrected chi connectivity index (χ1v) is 10.8. The van der Waals surface area contributed by atoms with E-state index in [4.69, 9.17) is 0 Å². The highest BCUT2D eigenvalue weighted by Crippen LogP contribution is 2.34. The Morgan fingerprint density at radius 3 is 2.74 bits per heavy atom. The highest BCUT2D eigenvalue weighted by atomic mass is 32.2. The quantitative estimate of drug-likeness (QED) is 0.613. The Hall–Kier alpha value is -2.25. The van der Waals surface area contributed by atoms with Crippen LogP contribution in [0.5, 0.6) is 0 Å². The van der Waals surface area contributed by atoms with Gasteiger partial charge in [0.2, 0.25) is 5.91 Å². The smallest absolute Gasteiger partial charge is 0.237 e. The van der Waals surface area contributed by atoms with Crippen molar-refractivity contribution < 1.29 is 4.79 Å². The van der Waals surface area contributed by atoms with Gasteiger partial charge in [0.1, 0.15) is 5.82 Å². The Labute approximate surface area is 167 Å². The Balaban J connectivity index is 1.46. The molecule has 0 N–H and O–H groups in total. The maximum atomic E-state index is 12.8. The molecule has 27 heavy (non-hydrogen) atoms. The van der Waals surface area contributed by atoms with E-state index in [0.717, 1.165) is 29.0 Å². The summed E-state index contributed by atoms with van der Waals surface area (Å²) in [6, 6.07) is 18.3. The van der Waals surface area contributed by atoms with Crippen molar-refractivity contribution in [1.82, 2.24) is 14.8 Å². The van der Waals surface area contributed by atoms with Crippen molar-refractivity contribution in [2.45, 2.75) is 23.5 Å². The van der Waals surface area contributed by atoms with E-state index in [1.54, 1.807) is 11.8 Å². The number of para-hydroxylation sites is 1. The van der Waals surface area contributed by atoms with Gasteiger partial charge in [0.05, 0.1) is 18.0 Å². The van der Waals surface area contributed by atoms with Crippen LogP contribution in [-0.4, -0.2) is 38.7 Å². The van der Waals surface area contributed by atoms with Gasteiger partial charge in [0.25, 0.3) is 0 Å². The molecular formula is C20H20N4OS2. The number of aryl methyl sites for hydroxylation is 1. The number of carbonyl (C=O) groups is 1. The summed E-state index contributed by atoms with van der Waals surface area (Å²) in [6.07, 6.45) is 0. The van der Waals surface area contributed by atoms with Crippen LogP contribution >= 0.6 is 23.5 Å². The van der Waals surface area contributed by atoms with E-state index in [2.05, 4.69) is 33.0 Å². The van der Waals surface area contributed by atoms with Crippen LogP contribution < -0.4 is 4.90 Å². The van der Waals surface area contributed by atoms with Crippen molar-refractivity contribution in [3.8, 4) is 0 Å². The second-order valence-electron chi connectivity index (χ2n) is 6.25. The van der Waals surface area contributed by atoms with E-state index in [0.29, 0.717) is 12.3 Å². The van der Waals surface area contributed by atoms with Crippen LogP contribution in [0.2, 0.25) is 0 Å². The maximum Gasteiger partial charge on any atom is 0.237 e. The van der Waals surface area contributed by atoms with Gasteiger partial charge in [-0.25, -0.2) is 0 Å². The molecule has 2 aromatic carbocycles. The third kappa shape index (κ3) is 4.04. The van der Waals surface area contributed by atoms with Gasteiger partial charge in [-0.2, -0.15) is 0 Å². The molecule has 1 aliphatic rings. The van der Waals surface area contributed by atoms with Gasteiger partial charge >= 0.3 is 0 Å². The lowest BCUT2D eigenvalue weighted by Crippen LogP contribution is -2.36. The minimum atomic E-state index is 0.111. The average Bonchev–Trinajstić information content (AvgIpc) is 3.06. The molecule has 1 amide bonds. The SMILES string of the molecule is Cc1nnc(SCC(=O)N2CCSc3ccccc32)n1Cc1ccccc1. The molecule has 0 spiro atoms. The molecule has 0 bridgehead atoms. The third-order valence-electron chi connectivity index (χ3n) is 4.44.